The highest BCUT2D eigenvalue weighted by Gasteiger charge is 2.08. The van der Waals surface area contributed by atoms with Gasteiger partial charge in [0.2, 0.25) is 0 Å². The summed E-state index contributed by atoms with van der Waals surface area (Å²) in [4.78, 5) is 17.9. The van der Waals surface area contributed by atoms with Crippen molar-refractivity contribution in [2.45, 2.75) is 6.42 Å². The number of benzene rings is 2. The third-order valence-electron chi connectivity index (χ3n) is 3.03. The van der Waals surface area contributed by atoms with Crippen LogP contribution in [0.2, 0.25) is 0 Å². The maximum Gasteiger partial charge on any atom is 0.311 e. The minimum absolute atomic E-state index is 0.138. The smallest absolute Gasteiger partial charge is 0.311 e. The largest absolute Gasteiger partial charge is 0.481 e. The molecule has 5 heteroatoms. The predicted octanol–water partition coefficient (Wildman–Crippen LogP) is 3.00. The van der Waals surface area contributed by atoms with Crippen molar-refractivity contribution in [3.8, 4) is 11.1 Å². The SMILES string of the molecule is O=C(O)Cc1nc2cc(-c3ccc(F)cc3)ccc2[nH]1. The molecular formula is C15H11FN2O2. The van der Waals surface area contributed by atoms with Crippen molar-refractivity contribution < 1.29 is 14.3 Å². The summed E-state index contributed by atoms with van der Waals surface area (Å²) in [6.07, 6.45) is -0.138. The molecule has 0 amide bonds. The van der Waals surface area contributed by atoms with E-state index < -0.39 is 5.97 Å². The molecule has 2 N–H and O–H groups in total. The lowest BCUT2D eigenvalue weighted by Gasteiger charge is -2.01. The normalized spacial score (nSPS) is 10.8. The molecule has 0 aliphatic heterocycles. The van der Waals surface area contributed by atoms with Gasteiger partial charge in [-0.3, -0.25) is 4.79 Å². The van der Waals surface area contributed by atoms with Crippen LogP contribution >= 0.6 is 0 Å². The van der Waals surface area contributed by atoms with E-state index in [-0.39, 0.29) is 12.2 Å². The van der Waals surface area contributed by atoms with E-state index in [0.29, 0.717) is 11.3 Å². The van der Waals surface area contributed by atoms with Gasteiger partial charge in [-0.1, -0.05) is 18.2 Å². The van der Waals surface area contributed by atoms with Gasteiger partial charge in [-0.05, 0) is 35.4 Å². The average Bonchev–Trinajstić information content (AvgIpc) is 2.79. The number of carbonyl (C=O) groups is 1. The molecule has 1 heterocycles. The van der Waals surface area contributed by atoms with Crippen molar-refractivity contribution in [2.75, 3.05) is 0 Å². The van der Waals surface area contributed by atoms with Crippen LogP contribution in [0.15, 0.2) is 42.5 Å². The van der Waals surface area contributed by atoms with Crippen molar-refractivity contribution in [3.05, 3.63) is 54.1 Å². The van der Waals surface area contributed by atoms with E-state index >= 15 is 0 Å². The van der Waals surface area contributed by atoms with Crippen molar-refractivity contribution in [3.63, 3.8) is 0 Å². The molecule has 0 radical (unpaired) electrons. The van der Waals surface area contributed by atoms with Gasteiger partial charge in [0.25, 0.3) is 0 Å². The Labute approximate surface area is 113 Å². The van der Waals surface area contributed by atoms with Crippen LogP contribution < -0.4 is 0 Å². The van der Waals surface area contributed by atoms with Crippen molar-refractivity contribution in [2.24, 2.45) is 0 Å². The molecule has 0 aliphatic rings. The first-order valence-corrected chi connectivity index (χ1v) is 6.08. The summed E-state index contributed by atoms with van der Waals surface area (Å²) >= 11 is 0. The zero-order valence-electron chi connectivity index (χ0n) is 10.4. The van der Waals surface area contributed by atoms with Crippen LogP contribution in [0.4, 0.5) is 4.39 Å². The Morgan fingerprint density at radius 2 is 1.85 bits per heavy atom. The zero-order valence-corrected chi connectivity index (χ0v) is 10.4. The predicted molar refractivity (Wildman–Crippen MR) is 72.8 cm³/mol. The third-order valence-corrected chi connectivity index (χ3v) is 3.03. The Morgan fingerprint density at radius 1 is 1.15 bits per heavy atom. The van der Waals surface area contributed by atoms with Crippen molar-refractivity contribution in [1.29, 1.82) is 0 Å². The maximum atomic E-state index is 12.9. The molecule has 0 bridgehead atoms. The van der Waals surface area contributed by atoms with Crippen molar-refractivity contribution in [1.82, 2.24) is 9.97 Å². The number of carboxylic acid groups (broad SMARTS) is 1. The number of hydrogen-bond acceptors (Lipinski definition) is 2. The van der Waals surface area contributed by atoms with Crippen LogP contribution in [0, 0.1) is 5.82 Å². The molecule has 0 saturated carbocycles. The Kier molecular flexibility index (Phi) is 2.95. The van der Waals surface area contributed by atoms with E-state index in [1.165, 1.54) is 12.1 Å². The van der Waals surface area contributed by atoms with Gasteiger partial charge in [0.1, 0.15) is 18.1 Å². The monoisotopic (exact) mass is 270 g/mol. The number of nitrogens with zero attached hydrogens (tertiary/aromatic N) is 1. The minimum atomic E-state index is -0.928. The Bertz CT molecular complexity index is 778. The lowest BCUT2D eigenvalue weighted by atomic mass is 10.1. The Morgan fingerprint density at radius 3 is 2.55 bits per heavy atom. The second-order valence-electron chi connectivity index (χ2n) is 4.49. The topological polar surface area (TPSA) is 66.0 Å². The molecule has 3 aromatic rings. The molecule has 100 valence electrons. The van der Waals surface area contributed by atoms with Gasteiger partial charge < -0.3 is 10.1 Å². The van der Waals surface area contributed by atoms with E-state index in [0.717, 1.165) is 16.6 Å². The number of H-pyrrole nitrogens is 1. The molecule has 20 heavy (non-hydrogen) atoms. The summed E-state index contributed by atoms with van der Waals surface area (Å²) < 4.78 is 12.9. The number of aliphatic carboxylic acids is 1. The van der Waals surface area contributed by atoms with Gasteiger partial charge in [-0.25, -0.2) is 9.37 Å². The fourth-order valence-electron chi connectivity index (χ4n) is 2.11. The molecule has 0 unspecified atom stereocenters. The van der Waals surface area contributed by atoms with E-state index in [4.69, 9.17) is 5.11 Å². The number of aromatic amines is 1. The van der Waals surface area contributed by atoms with E-state index in [2.05, 4.69) is 9.97 Å². The van der Waals surface area contributed by atoms with Crippen molar-refractivity contribution >= 4 is 17.0 Å². The number of nitrogens with one attached hydrogen (secondary N) is 1. The number of carboxylic acids is 1. The zero-order chi connectivity index (χ0) is 14.1. The second-order valence-corrected chi connectivity index (χ2v) is 4.49. The fourth-order valence-corrected chi connectivity index (χ4v) is 2.11. The lowest BCUT2D eigenvalue weighted by Crippen LogP contribution is -2.01. The third kappa shape index (κ3) is 2.38. The number of rotatable bonds is 3. The second kappa shape index (κ2) is 4.77. The first-order chi connectivity index (χ1) is 9.61. The summed E-state index contributed by atoms with van der Waals surface area (Å²) in [5, 5.41) is 8.76. The number of fused-ring (bicyclic) bond motifs is 1. The Balaban J connectivity index is 2.01. The van der Waals surface area contributed by atoms with E-state index in [1.807, 2.05) is 18.2 Å². The minimum Gasteiger partial charge on any atom is -0.481 e. The molecule has 0 saturated heterocycles. The van der Waals surface area contributed by atoms with Gasteiger partial charge in [0.15, 0.2) is 0 Å². The lowest BCUT2D eigenvalue weighted by molar-refractivity contribution is -0.136. The van der Waals surface area contributed by atoms with Crippen LogP contribution in [0.1, 0.15) is 5.82 Å². The van der Waals surface area contributed by atoms with Crippen LogP contribution in [-0.2, 0) is 11.2 Å². The standard InChI is InChI=1S/C15H11FN2O2/c16-11-4-1-9(2-5-11)10-3-6-12-13(7-10)18-14(17-12)8-15(19)20/h1-7H,8H2,(H,17,18)(H,19,20). The summed E-state index contributed by atoms with van der Waals surface area (Å²) in [5.74, 6) is -0.787. The van der Waals surface area contributed by atoms with E-state index in [1.54, 1.807) is 12.1 Å². The van der Waals surface area contributed by atoms with Crippen LogP contribution in [-0.4, -0.2) is 21.0 Å². The first kappa shape index (κ1) is 12.3. The van der Waals surface area contributed by atoms with Gasteiger partial charge in [-0.2, -0.15) is 0 Å². The summed E-state index contributed by atoms with van der Waals surface area (Å²) in [5.41, 5.74) is 3.28. The number of hydrogen-bond donors (Lipinski definition) is 2. The summed E-state index contributed by atoms with van der Waals surface area (Å²) in [6.45, 7) is 0. The molecule has 0 aliphatic carbocycles. The molecular weight excluding hydrogens is 259 g/mol. The first-order valence-electron chi connectivity index (χ1n) is 6.08. The number of aromatic nitrogens is 2. The highest BCUT2D eigenvalue weighted by Crippen LogP contribution is 2.23. The van der Waals surface area contributed by atoms with E-state index in [9.17, 15) is 9.18 Å². The maximum absolute atomic E-state index is 12.9. The highest BCUT2D eigenvalue weighted by molar-refractivity contribution is 5.82. The fraction of sp³-hybridized carbons (Fsp3) is 0.0667. The van der Waals surface area contributed by atoms with Gasteiger partial charge in [-0.15, -0.1) is 0 Å². The Hall–Kier alpha value is -2.69. The van der Waals surface area contributed by atoms with Crippen LogP contribution in [0.5, 0.6) is 0 Å². The van der Waals surface area contributed by atoms with Gasteiger partial charge >= 0.3 is 5.97 Å². The summed E-state index contributed by atoms with van der Waals surface area (Å²) in [6, 6.07) is 11.8. The molecule has 0 atom stereocenters. The molecule has 0 fully saturated rings. The molecule has 0 spiro atoms. The molecule has 4 nitrogen and oxygen atoms in total. The van der Waals surface area contributed by atoms with Crippen LogP contribution in [0.25, 0.3) is 22.2 Å². The molecule has 1 aromatic heterocycles. The van der Waals surface area contributed by atoms with Crippen LogP contribution in [0.3, 0.4) is 0 Å². The number of imidazole rings is 1. The number of halogens is 1. The van der Waals surface area contributed by atoms with Gasteiger partial charge in [0, 0.05) is 0 Å². The summed E-state index contributed by atoms with van der Waals surface area (Å²) in [7, 11) is 0. The molecule has 3 rings (SSSR count). The average molecular weight is 270 g/mol. The quantitative estimate of drug-likeness (QED) is 0.768. The van der Waals surface area contributed by atoms with Gasteiger partial charge in [0.05, 0.1) is 11.0 Å². The molecule has 2 aromatic carbocycles. The highest BCUT2D eigenvalue weighted by atomic mass is 19.1.